The van der Waals surface area contributed by atoms with Gasteiger partial charge in [0.1, 0.15) is 11.6 Å². The zero-order chi connectivity index (χ0) is 15.2. The van der Waals surface area contributed by atoms with Crippen molar-refractivity contribution in [1.29, 1.82) is 0 Å². The Bertz CT molecular complexity index is 837. The number of hydrogen-bond donors (Lipinski definition) is 1. The van der Waals surface area contributed by atoms with Crippen LogP contribution in [0.4, 0.5) is 8.78 Å². The Kier molecular flexibility index (Phi) is 3.37. The number of nitrogens with zero attached hydrogens (tertiary/aromatic N) is 1. The molecule has 1 N–H and O–H groups in total. The van der Waals surface area contributed by atoms with Gasteiger partial charge in [-0.1, -0.05) is 6.08 Å². The van der Waals surface area contributed by atoms with Gasteiger partial charge in [0.05, 0.1) is 5.52 Å². The fraction of sp³-hybridized carbons (Fsp3) is 0.267. The molecule has 112 valence electrons. The summed E-state index contributed by atoms with van der Waals surface area (Å²) in [4.78, 5) is 2.91. The number of rotatable bonds is 2. The van der Waals surface area contributed by atoms with Crippen LogP contribution < -0.4 is 0 Å². The first-order valence-electron chi connectivity index (χ1n) is 6.59. The summed E-state index contributed by atoms with van der Waals surface area (Å²) in [5.74, 6) is 2.51. The highest BCUT2D eigenvalue weighted by atomic mass is 32.2. The first-order valence-corrected chi connectivity index (χ1v) is 8.68. The van der Waals surface area contributed by atoms with Crippen molar-refractivity contribution in [3.63, 3.8) is 0 Å². The molecule has 1 unspecified atom stereocenters. The van der Waals surface area contributed by atoms with Gasteiger partial charge in [0, 0.05) is 52.3 Å². The maximum absolute atomic E-state index is 14.0. The van der Waals surface area contributed by atoms with Gasteiger partial charge in [0.2, 0.25) is 0 Å². The van der Waals surface area contributed by atoms with E-state index in [-0.39, 0.29) is 0 Å². The third kappa shape index (κ3) is 2.61. The molecule has 1 atom stereocenters. The van der Waals surface area contributed by atoms with Crippen molar-refractivity contribution in [2.45, 2.75) is 6.42 Å². The third-order valence-corrected chi connectivity index (χ3v) is 5.18. The number of hydrogen-bond acceptors (Lipinski definition) is 1. The lowest BCUT2D eigenvalue weighted by Crippen LogP contribution is -2.33. The van der Waals surface area contributed by atoms with E-state index in [2.05, 4.69) is 10.9 Å². The van der Waals surface area contributed by atoms with Crippen LogP contribution in [0.25, 0.3) is 16.5 Å². The van der Waals surface area contributed by atoms with Crippen LogP contribution in [0.15, 0.2) is 24.4 Å². The van der Waals surface area contributed by atoms with E-state index in [1.54, 1.807) is 16.8 Å². The van der Waals surface area contributed by atoms with E-state index < -0.39 is 21.3 Å². The number of aromatic nitrogens is 1. The quantitative estimate of drug-likeness (QED) is 0.851. The van der Waals surface area contributed by atoms with Crippen LogP contribution in [0.1, 0.15) is 12.0 Å². The van der Waals surface area contributed by atoms with Crippen LogP contribution >= 0.6 is 0 Å². The van der Waals surface area contributed by atoms with Gasteiger partial charge in [-0.3, -0.25) is 4.21 Å². The van der Waals surface area contributed by atoms with Crippen molar-refractivity contribution < 1.29 is 13.0 Å². The molecule has 0 saturated heterocycles. The molecular weight excluding hydrogens is 294 g/mol. The fourth-order valence-corrected chi connectivity index (χ4v) is 3.55. The van der Waals surface area contributed by atoms with Gasteiger partial charge < -0.3 is 4.98 Å². The lowest BCUT2D eigenvalue weighted by molar-refractivity contribution is 0.484. The van der Waals surface area contributed by atoms with E-state index in [9.17, 15) is 13.0 Å². The summed E-state index contributed by atoms with van der Waals surface area (Å²) in [6, 6.07) is 2.18. The van der Waals surface area contributed by atoms with E-state index in [4.69, 9.17) is 0 Å². The molecule has 1 aliphatic rings. The Labute approximate surface area is 122 Å². The number of aromatic amines is 1. The second-order valence-corrected chi connectivity index (χ2v) is 7.77. The van der Waals surface area contributed by atoms with Crippen LogP contribution in [0.3, 0.4) is 0 Å². The predicted molar refractivity (Wildman–Crippen MR) is 83.6 cm³/mol. The average Bonchev–Trinajstić information content (AvgIpc) is 2.81. The summed E-state index contributed by atoms with van der Waals surface area (Å²) in [6.45, 7) is 1.13. The van der Waals surface area contributed by atoms with Crippen LogP contribution in [0, 0.1) is 11.6 Å². The summed E-state index contributed by atoms with van der Waals surface area (Å²) in [5, 5.41) is 0.406. The molecule has 1 aliphatic heterocycles. The Morgan fingerprint density at radius 2 is 2.14 bits per heavy atom. The molecule has 3 nitrogen and oxygen atoms in total. The zero-order valence-electron chi connectivity index (χ0n) is 11.7. The molecule has 0 radical (unpaired) electrons. The summed E-state index contributed by atoms with van der Waals surface area (Å²) in [5.41, 5.74) is 2.17. The predicted octanol–water partition coefficient (Wildman–Crippen LogP) is 2.80. The highest BCUT2D eigenvalue weighted by molar-refractivity contribution is 7.97. The van der Waals surface area contributed by atoms with Gasteiger partial charge in [0.15, 0.2) is 0 Å². The fourth-order valence-electron chi connectivity index (χ4n) is 2.68. The van der Waals surface area contributed by atoms with E-state index >= 15 is 0 Å². The van der Waals surface area contributed by atoms with Crippen LogP contribution in [-0.2, 0) is 9.71 Å². The topological polar surface area (TPSA) is 36.1 Å². The molecule has 0 fully saturated rings. The molecule has 0 aliphatic carbocycles. The summed E-state index contributed by atoms with van der Waals surface area (Å²) >= 11 is 0. The van der Waals surface area contributed by atoms with E-state index in [1.165, 1.54) is 6.07 Å². The smallest absolute Gasteiger partial charge is 0.136 e. The molecule has 1 aromatic carbocycles. The Balaban J connectivity index is 2.01. The normalized spacial score (nSPS) is 19.5. The zero-order valence-corrected chi connectivity index (χ0v) is 12.5. The van der Waals surface area contributed by atoms with Crippen LogP contribution in [0.2, 0.25) is 0 Å². The minimum atomic E-state index is -2.22. The van der Waals surface area contributed by atoms with Crippen molar-refractivity contribution >= 4 is 32.1 Å². The summed E-state index contributed by atoms with van der Waals surface area (Å²) in [7, 11) is -2.22. The minimum absolute atomic E-state index is 0.406. The van der Waals surface area contributed by atoms with Crippen molar-refractivity contribution in [3.8, 4) is 0 Å². The lowest BCUT2D eigenvalue weighted by atomic mass is 9.99. The molecular formula is C15H16F2N2OS. The summed E-state index contributed by atoms with van der Waals surface area (Å²) in [6.07, 6.45) is 5.90. The van der Waals surface area contributed by atoms with Gasteiger partial charge in [-0.05, 0) is 23.9 Å². The van der Waals surface area contributed by atoms with E-state index in [0.717, 1.165) is 17.2 Å². The van der Waals surface area contributed by atoms with Gasteiger partial charge in [0.25, 0.3) is 0 Å². The molecule has 0 amide bonds. The minimum Gasteiger partial charge on any atom is -0.360 e. The second-order valence-electron chi connectivity index (χ2n) is 5.34. The number of benzene rings is 1. The maximum atomic E-state index is 14.0. The van der Waals surface area contributed by atoms with Crippen molar-refractivity contribution in [2.24, 2.45) is 0 Å². The first kappa shape index (κ1) is 14.3. The maximum Gasteiger partial charge on any atom is 0.136 e. The Morgan fingerprint density at radius 3 is 2.76 bits per heavy atom. The number of nitrogens with one attached hydrogen (secondary N) is 1. The van der Waals surface area contributed by atoms with Crippen LogP contribution in [-0.4, -0.2) is 38.7 Å². The van der Waals surface area contributed by atoms with Crippen molar-refractivity contribution in [1.82, 2.24) is 9.29 Å². The second kappa shape index (κ2) is 4.96. The van der Waals surface area contributed by atoms with Gasteiger partial charge in [-0.2, -0.15) is 0 Å². The molecule has 0 spiro atoms. The monoisotopic (exact) mass is 310 g/mol. The Hall–Kier alpha value is -1.66. The van der Waals surface area contributed by atoms with Crippen LogP contribution in [0.5, 0.6) is 0 Å². The average molecular weight is 310 g/mol. The molecule has 2 aromatic rings. The highest BCUT2D eigenvalue weighted by Crippen LogP contribution is 2.31. The van der Waals surface area contributed by atoms with Crippen molar-refractivity contribution in [2.75, 3.05) is 19.3 Å². The van der Waals surface area contributed by atoms with Gasteiger partial charge in [-0.25, -0.2) is 13.1 Å². The first-order chi connectivity index (χ1) is 9.86. The SMILES string of the molecule is C=S(C)(=O)N1CC=C(c2c[nH]c3cc(F)cc(F)c23)CC1. The molecule has 6 heteroatoms. The third-order valence-electron chi connectivity index (χ3n) is 3.76. The number of H-pyrrole nitrogens is 1. The number of halogens is 2. The molecule has 0 saturated carbocycles. The number of fused-ring (bicyclic) bond motifs is 1. The largest absolute Gasteiger partial charge is 0.360 e. The van der Waals surface area contributed by atoms with Gasteiger partial charge in [-0.15, -0.1) is 0 Å². The highest BCUT2D eigenvalue weighted by Gasteiger charge is 2.20. The lowest BCUT2D eigenvalue weighted by Gasteiger charge is -2.27. The van der Waals surface area contributed by atoms with Crippen molar-refractivity contribution in [3.05, 3.63) is 41.6 Å². The van der Waals surface area contributed by atoms with E-state index in [1.807, 2.05) is 6.08 Å². The molecule has 3 rings (SSSR count). The van der Waals surface area contributed by atoms with Gasteiger partial charge >= 0.3 is 0 Å². The molecule has 21 heavy (non-hydrogen) atoms. The van der Waals surface area contributed by atoms with E-state index in [0.29, 0.717) is 30.4 Å². The Morgan fingerprint density at radius 1 is 1.38 bits per heavy atom. The molecule has 0 bridgehead atoms. The molecule has 1 aromatic heterocycles. The summed E-state index contributed by atoms with van der Waals surface area (Å²) < 4.78 is 40.9. The molecule has 2 heterocycles. The standard InChI is InChI=1S/C15H16F2N2OS/c1-21(2,20)19-5-3-10(4-6-19)12-9-18-14-8-11(16)7-13(17)15(12)14/h3,7-9,18H,1,4-6H2,2H3.